The van der Waals surface area contributed by atoms with Gasteiger partial charge in [-0.15, -0.1) is 0 Å². The molecular formula is C11H11BrF2N4O2. The second-order valence-corrected chi connectivity index (χ2v) is 4.84. The van der Waals surface area contributed by atoms with Crippen LogP contribution in [0.5, 0.6) is 0 Å². The molecule has 1 aromatic heterocycles. The first-order chi connectivity index (χ1) is 9.51. The van der Waals surface area contributed by atoms with Crippen LogP contribution in [0.2, 0.25) is 0 Å². The smallest absolute Gasteiger partial charge is 0.271 e. The second kappa shape index (κ2) is 6.12. The minimum absolute atomic E-state index is 0.0754. The molecule has 0 saturated carbocycles. The van der Waals surface area contributed by atoms with Crippen molar-refractivity contribution in [3.05, 3.63) is 28.3 Å². The Bertz CT molecular complexity index is 619. The van der Waals surface area contributed by atoms with Crippen LogP contribution in [0, 0.1) is 10.1 Å². The third kappa shape index (κ3) is 3.21. The van der Waals surface area contributed by atoms with Crippen molar-refractivity contribution in [3.63, 3.8) is 0 Å². The maximum absolute atomic E-state index is 12.5. The summed E-state index contributed by atoms with van der Waals surface area (Å²) in [5.74, 6) is 0.278. The molecule has 1 N–H and O–H groups in total. The third-order valence-electron chi connectivity index (χ3n) is 2.68. The molecule has 0 bridgehead atoms. The average molecular weight is 349 g/mol. The van der Waals surface area contributed by atoms with Crippen molar-refractivity contribution < 1.29 is 13.7 Å². The minimum atomic E-state index is -2.49. The highest BCUT2D eigenvalue weighted by Crippen LogP contribution is 2.22. The van der Waals surface area contributed by atoms with Crippen LogP contribution in [0.25, 0.3) is 11.0 Å². The summed E-state index contributed by atoms with van der Waals surface area (Å²) in [7, 11) is 0. The van der Waals surface area contributed by atoms with E-state index in [1.165, 1.54) is 23.1 Å². The largest absolute Gasteiger partial charge is 0.336 e. The summed E-state index contributed by atoms with van der Waals surface area (Å²) in [5, 5.41) is 11.2. The van der Waals surface area contributed by atoms with Gasteiger partial charge in [-0.2, -0.15) is 0 Å². The second-order valence-electron chi connectivity index (χ2n) is 4.05. The molecule has 0 spiro atoms. The number of nitrogens with zero attached hydrogens (tertiary/aromatic N) is 3. The molecule has 108 valence electrons. The van der Waals surface area contributed by atoms with E-state index in [4.69, 9.17) is 0 Å². The molecule has 0 saturated heterocycles. The number of alkyl halides is 3. The molecule has 6 nitrogen and oxygen atoms in total. The SMILES string of the molecule is O=[N+]([O-])c1ccc2nc(N(CCBr)CC(F)F)[nH]c2c1. The molecule has 0 aliphatic carbocycles. The van der Waals surface area contributed by atoms with Gasteiger partial charge in [0.1, 0.15) is 0 Å². The molecule has 2 rings (SSSR count). The van der Waals surface area contributed by atoms with Gasteiger partial charge >= 0.3 is 0 Å². The topological polar surface area (TPSA) is 75.1 Å². The summed E-state index contributed by atoms with van der Waals surface area (Å²) in [4.78, 5) is 18.6. The average Bonchev–Trinajstić information content (AvgIpc) is 2.80. The molecule has 0 unspecified atom stereocenters. The van der Waals surface area contributed by atoms with Gasteiger partial charge in [0, 0.05) is 24.0 Å². The Labute approximate surface area is 121 Å². The lowest BCUT2D eigenvalue weighted by Gasteiger charge is -2.19. The Balaban J connectivity index is 2.35. The number of halogens is 3. The lowest BCUT2D eigenvalue weighted by molar-refractivity contribution is -0.384. The van der Waals surface area contributed by atoms with Gasteiger partial charge in [0.2, 0.25) is 5.95 Å². The Hall–Kier alpha value is -1.77. The summed E-state index contributed by atoms with van der Waals surface area (Å²) in [5.41, 5.74) is 0.871. The number of anilines is 1. The molecule has 0 aliphatic heterocycles. The number of imidazole rings is 1. The van der Waals surface area contributed by atoms with E-state index in [0.29, 0.717) is 22.9 Å². The highest BCUT2D eigenvalue weighted by atomic mass is 79.9. The quantitative estimate of drug-likeness (QED) is 0.494. The summed E-state index contributed by atoms with van der Waals surface area (Å²) in [6.07, 6.45) is -2.49. The maximum atomic E-state index is 12.5. The van der Waals surface area contributed by atoms with E-state index in [1.807, 2.05) is 0 Å². The van der Waals surface area contributed by atoms with Crippen LogP contribution in [-0.4, -0.2) is 39.7 Å². The van der Waals surface area contributed by atoms with Gasteiger partial charge in [0.05, 0.1) is 22.5 Å². The zero-order valence-electron chi connectivity index (χ0n) is 10.2. The number of non-ortho nitro benzene ring substituents is 1. The van der Waals surface area contributed by atoms with Gasteiger partial charge in [-0.3, -0.25) is 10.1 Å². The first kappa shape index (κ1) is 14.6. The number of fused-ring (bicyclic) bond motifs is 1. The van der Waals surface area contributed by atoms with Crippen LogP contribution >= 0.6 is 15.9 Å². The van der Waals surface area contributed by atoms with Crippen LogP contribution in [0.1, 0.15) is 0 Å². The zero-order chi connectivity index (χ0) is 14.7. The molecule has 1 aromatic carbocycles. The van der Waals surface area contributed by atoms with Crippen molar-refractivity contribution in [2.75, 3.05) is 23.3 Å². The van der Waals surface area contributed by atoms with E-state index in [0.717, 1.165) is 0 Å². The van der Waals surface area contributed by atoms with Crippen molar-refractivity contribution in [2.45, 2.75) is 6.43 Å². The first-order valence-electron chi connectivity index (χ1n) is 5.74. The van der Waals surface area contributed by atoms with E-state index in [2.05, 4.69) is 25.9 Å². The zero-order valence-corrected chi connectivity index (χ0v) is 11.8. The number of H-pyrrole nitrogens is 1. The lowest BCUT2D eigenvalue weighted by Crippen LogP contribution is -2.31. The molecule has 0 atom stereocenters. The highest BCUT2D eigenvalue weighted by molar-refractivity contribution is 9.09. The Morgan fingerprint density at radius 1 is 1.50 bits per heavy atom. The van der Waals surface area contributed by atoms with Crippen LogP contribution in [0.4, 0.5) is 20.4 Å². The number of hydrogen-bond acceptors (Lipinski definition) is 4. The normalized spacial score (nSPS) is 11.2. The van der Waals surface area contributed by atoms with Gasteiger partial charge in [-0.1, -0.05) is 15.9 Å². The van der Waals surface area contributed by atoms with E-state index in [9.17, 15) is 18.9 Å². The van der Waals surface area contributed by atoms with E-state index >= 15 is 0 Å². The number of nitro benzene ring substituents is 1. The minimum Gasteiger partial charge on any atom is -0.336 e. The molecule has 20 heavy (non-hydrogen) atoms. The molecule has 1 heterocycles. The molecular weight excluding hydrogens is 338 g/mol. The van der Waals surface area contributed by atoms with Crippen molar-refractivity contribution in [2.24, 2.45) is 0 Å². The number of hydrogen-bond donors (Lipinski definition) is 1. The van der Waals surface area contributed by atoms with Crippen molar-refractivity contribution >= 4 is 38.6 Å². The Morgan fingerprint density at radius 2 is 2.25 bits per heavy atom. The fourth-order valence-electron chi connectivity index (χ4n) is 1.80. The van der Waals surface area contributed by atoms with Gasteiger partial charge in [0.25, 0.3) is 12.1 Å². The molecule has 9 heteroatoms. The lowest BCUT2D eigenvalue weighted by atomic mass is 10.3. The molecule has 0 radical (unpaired) electrons. The van der Waals surface area contributed by atoms with Crippen LogP contribution in [0.3, 0.4) is 0 Å². The van der Waals surface area contributed by atoms with Crippen LogP contribution < -0.4 is 4.90 Å². The molecule has 0 amide bonds. The highest BCUT2D eigenvalue weighted by Gasteiger charge is 2.17. The number of nitrogens with one attached hydrogen (secondary N) is 1. The van der Waals surface area contributed by atoms with Crippen molar-refractivity contribution in [3.8, 4) is 0 Å². The summed E-state index contributed by atoms with van der Waals surface area (Å²) >= 11 is 3.19. The Kier molecular flexibility index (Phi) is 4.48. The van der Waals surface area contributed by atoms with Crippen molar-refractivity contribution in [1.29, 1.82) is 0 Å². The van der Waals surface area contributed by atoms with Crippen LogP contribution in [0.15, 0.2) is 18.2 Å². The van der Waals surface area contributed by atoms with E-state index in [1.54, 1.807) is 0 Å². The van der Waals surface area contributed by atoms with Gasteiger partial charge in [-0.05, 0) is 6.07 Å². The molecule has 0 aliphatic rings. The number of benzene rings is 1. The fourth-order valence-corrected chi connectivity index (χ4v) is 2.23. The van der Waals surface area contributed by atoms with Gasteiger partial charge in [0.15, 0.2) is 0 Å². The summed E-state index contributed by atoms with van der Waals surface area (Å²) in [6, 6.07) is 4.15. The predicted octanol–water partition coefficient (Wildman–Crippen LogP) is 2.94. The monoisotopic (exact) mass is 348 g/mol. The maximum Gasteiger partial charge on any atom is 0.271 e. The number of aromatic nitrogens is 2. The third-order valence-corrected chi connectivity index (χ3v) is 3.03. The fraction of sp³-hybridized carbons (Fsp3) is 0.364. The van der Waals surface area contributed by atoms with Gasteiger partial charge < -0.3 is 9.88 Å². The predicted molar refractivity (Wildman–Crippen MR) is 74.8 cm³/mol. The summed E-state index contributed by atoms with van der Waals surface area (Å²) in [6.45, 7) is -0.0975. The van der Waals surface area contributed by atoms with Crippen molar-refractivity contribution in [1.82, 2.24) is 9.97 Å². The van der Waals surface area contributed by atoms with Crippen LogP contribution in [-0.2, 0) is 0 Å². The molecule has 2 aromatic rings. The first-order valence-corrected chi connectivity index (χ1v) is 6.86. The van der Waals surface area contributed by atoms with E-state index in [-0.39, 0.29) is 11.6 Å². The summed E-state index contributed by atoms with van der Waals surface area (Å²) < 4.78 is 25.1. The van der Waals surface area contributed by atoms with Gasteiger partial charge in [-0.25, -0.2) is 13.8 Å². The van der Waals surface area contributed by atoms with E-state index < -0.39 is 17.9 Å². The number of rotatable bonds is 6. The standard InChI is InChI=1S/C11H11BrF2N4O2/c12-3-4-17(6-10(13)14)11-15-8-2-1-7(18(19)20)5-9(8)16-11/h1-2,5,10H,3-4,6H2,(H,15,16). The Morgan fingerprint density at radius 3 is 2.85 bits per heavy atom. The number of aromatic amines is 1. The number of nitro groups is 1. The molecule has 0 fully saturated rings.